The lowest BCUT2D eigenvalue weighted by Gasteiger charge is -1.97. The minimum Gasteiger partial charge on any atom is -0.394 e. The van der Waals surface area contributed by atoms with E-state index in [4.69, 9.17) is 24.4 Å². The zero-order chi connectivity index (χ0) is 15.1. The van der Waals surface area contributed by atoms with E-state index >= 15 is 0 Å². The van der Waals surface area contributed by atoms with Crippen LogP contribution >= 0.6 is 0 Å². The zero-order valence-electron chi connectivity index (χ0n) is 9.58. The van der Waals surface area contributed by atoms with Crippen molar-refractivity contribution in [2.45, 2.75) is 15.9 Å². The van der Waals surface area contributed by atoms with Crippen molar-refractivity contribution in [2.75, 3.05) is 13.2 Å². The molecule has 0 amide bonds. The van der Waals surface area contributed by atoms with Gasteiger partial charge in [0.05, 0.1) is 23.0 Å². The van der Waals surface area contributed by atoms with E-state index in [0.29, 0.717) is 0 Å². The topological polar surface area (TPSA) is 152 Å². The molecule has 0 bridgehead atoms. The molecule has 0 saturated carbocycles. The predicted molar refractivity (Wildman–Crippen MR) is 65.5 cm³/mol. The summed E-state index contributed by atoms with van der Waals surface area (Å²) in [5.41, 5.74) is 0. The van der Waals surface area contributed by atoms with Gasteiger partial charge in [-0.25, -0.2) is 4.21 Å². The highest BCUT2D eigenvalue weighted by Gasteiger charge is 2.09. The van der Waals surface area contributed by atoms with E-state index in [1.54, 1.807) is 0 Å². The van der Waals surface area contributed by atoms with Crippen LogP contribution in [0.1, 0.15) is 0 Å². The Kier molecular flexibility index (Phi) is 7.94. The van der Waals surface area contributed by atoms with Gasteiger partial charge in [0.1, 0.15) is 6.10 Å². The average Bonchev–Trinajstić information content (AvgIpc) is 2.37. The van der Waals surface area contributed by atoms with Crippen LogP contribution in [-0.2, 0) is 21.2 Å². The van der Waals surface area contributed by atoms with E-state index in [0.717, 1.165) is 24.3 Å². The molecule has 0 heterocycles. The van der Waals surface area contributed by atoms with Crippen molar-refractivity contribution >= 4 is 21.2 Å². The molecule has 0 saturated heterocycles. The predicted octanol–water partition coefficient (Wildman–Crippen LogP) is -1.15. The van der Waals surface area contributed by atoms with Crippen LogP contribution in [-0.4, -0.2) is 56.4 Å². The number of aliphatic hydroxyl groups excluding tert-OH is 3. The van der Waals surface area contributed by atoms with Crippen molar-refractivity contribution < 1.29 is 37.1 Å². The second-order valence-electron chi connectivity index (χ2n) is 3.21. The lowest BCUT2D eigenvalue weighted by atomic mass is 10.4. The van der Waals surface area contributed by atoms with Crippen molar-refractivity contribution in [1.29, 1.82) is 0 Å². The number of benzene rings is 1. The van der Waals surface area contributed by atoms with Crippen LogP contribution in [0.2, 0.25) is 0 Å². The molecule has 1 unspecified atom stereocenters. The number of hydrogen-bond donors (Lipinski definition) is 5. The molecule has 8 nitrogen and oxygen atoms in total. The van der Waals surface area contributed by atoms with Gasteiger partial charge in [-0.2, -0.15) is 8.42 Å². The Morgan fingerprint density at radius 2 is 1.53 bits per heavy atom. The zero-order valence-corrected chi connectivity index (χ0v) is 11.2. The summed E-state index contributed by atoms with van der Waals surface area (Å²) in [6.45, 7) is -0.729. The highest BCUT2D eigenvalue weighted by molar-refractivity contribution is 7.85. The minimum absolute atomic E-state index is 0.0763. The Labute approximate surface area is 112 Å². The maximum atomic E-state index is 10.5. The molecule has 0 spiro atoms. The first-order valence-electron chi connectivity index (χ1n) is 4.80. The second-order valence-corrected chi connectivity index (χ2v) is 5.61. The van der Waals surface area contributed by atoms with Crippen molar-refractivity contribution in [3.8, 4) is 0 Å². The van der Waals surface area contributed by atoms with Crippen molar-refractivity contribution in [1.82, 2.24) is 0 Å². The Morgan fingerprint density at radius 1 is 1.11 bits per heavy atom. The minimum atomic E-state index is -4.23. The molecule has 0 radical (unpaired) electrons. The molecule has 1 atom stereocenters. The molecule has 1 aromatic carbocycles. The third-order valence-electron chi connectivity index (χ3n) is 1.74. The average molecular weight is 314 g/mol. The summed E-state index contributed by atoms with van der Waals surface area (Å²) in [6, 6.07) is 4.41. The van der Waals surface area contributed by atoms with E-state index in [9.17, 15) is 12.6 Å². The molecular formula is C9H14O8S2. The van der Waals surface area contributed by atoms with E-state index in [2.05, 4.69) is 0 Å². The molecule has 10 heteroatoms. The first-order chi connectivity index (χ1) is 8.72. The molecule has 0 aliphatic carbocycles. The Morgan fingerprint density at radius 3 is 1.74 bits per heavy atom. The molecule has 0 fully saturated rings. The Balaban J connectivity index is 0.000000459. The number of hydrogen-bond acceptors (Lipinski definition) is 6. The molecule has 0 aromatic heterocycles. The van der Waals surface area contributed by atoms with Gasteiger partial charge in [0.2, 0.25) is 0 Å². The van der Waals surface area contributed by atoms with Gasteiger partial charge in [-0.05, 0) is 24.3 Å². The van der Waals surface area contributed by atoms with Crippen LogP contribution in [0.4, 0.5) is 0 Å². The maximum absolute atomic E-state index is 10.5. The SMILES string of the molecule is O=S(O)c1ccc(S(=O)(=O)O)cc1.OCC(O)CO. The smallest absolute Gasteiger partial charge is 0.294 e. The van der Waals surface area contributed by atoms with Crippen molar-refractivity contribution in [2.24, 2.45) is 0 Å². The van der Waals surface area contributed by atoms with Gasteiger partial charge in [0, 0.05) is 0 Å². The monoisotopic (exact) mass is 314 g/mol. The number of rotatable bonds is 4. The van der Waals surface area contributed by atoms with Gasteiger partial charge in [0.25, 0.3) is 10.1 Å². The number of aliphatic hydroxyl groups is 3. The first-order valence-corrected chi connectivity index (χ1v) is 7.35. The normalized spacial score (nSPS) is 12.7. The molecule has 1 aromatic rings. The molecule has 0 aliphatic rings. The third-order valence-corrected chi connectivity index (χ3v) is 3.29. The van der Waals surface area contributed by atoms with Gasteiger partial charge < -0.3 is 19.9 Å². The maximum Gasteiger partial charge on any atom is 0.294 e. The lowest BCUT2D eigenvalue weighted by molar-refractivity contribution is 0.0450. The van der Waals surface area contributed by atoms with E-state index < -0.39 is 27.3 Å². The van der Waals surface area contributed by atoms with E-state index in [1.165, 1.54) is 0 Å². The summed E-state index contributed by atoms with van der Waals surface area (Å²) in [5.74, 6) is 0. The largest absolute Gasteiger partial charge is 0.394 e. The molecular weight excluding hydrogens is 300 g/mol. The third kappa shape index (κ3) is 7.32. The fourth-order valence-corrected chi connectivity index (χ4v) is 1.63. The Bertz CT molecular complexity index is 491. The highest BCUT2D eigenvalue weighted by atomic mass is 32.2. The van der Waals surface area contributed by atoms with Gasteiger partial charge in [0.15, 0.2) is 11.1 Å². The van der Waals surface area contributed by atoms with Gasteiger partial charge in [-0.1, -0.05) is 0 Å². The van der Waals surface area contributed by atoms with Crippen LogP contribution < -0.4 is 0 Å². The summed E-state index contributed by atoms with van der Waals surface area (Å²) in [6.07, 6.45) is -0.954. The van der Waals surface area contributed by atoms with E-state index in [-0.39, 0.29) is 23.0 Å². The van der Waals surface area contributed by atoms with Crippen LogP contribution in [0.15, 0.2) is 34.1 Å². The van der Waals surface area contributed by atoms with Crippen molar-refractivity contribution in [3.63, 3.8) is 0 Å². The van der Waals surface area contributed by atoms with Gasteiger partial charge in [-0.3, -0.25) is 4.55 Å². The fraction of sp³-hybridized carbons (Fsp3) is 0.333. The summed E-state index contributed by atoms with van der Waals surface area (Å²) in [5, 5.41) is 24.0. The fourth-order valence-electron chi connectivity index (χ4n) is 0.786. The summed E-state index contributed by atoms with van der Waals surface area (Å²) < 4.78 is 48.7. The Hall–Kier alpha value is -0.880. The first kappa shape index (κ1) is 18.1. The summed E-state index contributed by atoms with van der Waals surface area (Å²) >= 11 is -2.14. The highest BCUT2D eigenvalue weighted by Crippen LogP contribution is 2.11. The van der Waals surface area contributed by atoms with Crippen molar-refractivity contribution in [3.05, 3.63) is 24.3 Å². The molecule has 0 aliphatic heterocycles. The van der Waals surface area contributed by atoms with Gasteiger partial charge in [-0.15, -0.1) is 0 Å². The second kappa shape index (κ2) is 8.32. The van der Waals surface area contributed by atoms with Gasteiger partial charge >= 0.3 is 0 Å². The molecule has 5 N–H and O–H groups in total. The van der Waals surface area contributed by atoms with Crippen LogP contribution in [0, 0.1) is 0 Å². The molecule has 110 valence electrons. The standard InChI is InChI=1S/C6H6O5S2.C3H8O3/c7-12(8)5-1-3-6(4-2-5)13(9,10)11;4-1-3(6)2-5/h1-4H,(H,7,8)(H,9,10,11);3-6H,1-2H2. The quantitative estimate of drug-likeness (QED) is 0.345. The van der Waals surface area contributed by atoms with Crippen LogP contribution in [0.3, 0.4) is 0 Å². The summed E-state index contributed by atoms with van der Waals surface area (Å²) in [4.78, 5) is -0.228. The van der Waals surface area contributed by atoms with Crippen LogP contribution in [0.5, 0.6) is 0 Å². The lowest BCUT2D eigenvalue weighted by Crippen LogP contribution is -2.15. The molecule has 1 rings (SSSR count). The summed E-state index contributed by atoms with van der Waals surface area (Å²) in [7, 11) is -4.23. The molecule has 19 heavy (non-hydrogen) atoms. The van der Waals surface area contributed by atoms with Crippen LogP contribution in [0.25, 0.3) is 0 Å². The van der Waals surface area contributed by atoms with E-state index in [1.807, 2.05) is 0 Å².